The molecule has 0 heterocycles. The fourth-order valence-corrected chi connectivity index (χ4v) is 0.385. The molecule has 0 fully saturated rings. The summed E-state index contributed by atoms with van der Waals surface area (Å²) in [5, 5.41) is 0. The summed E-state index contributed by atoms with van der Waals surface area (Å²) in [7, 11) is 0. The molecular formula is C12H20Y-2. The van der Waals surface area contributed by atoms with Crippen molar-refractivity contribution in [3.05, 3.63) is 49.2 Å². The summed E-state index contributed by atoms with van der Waals surface area (Å²) in [4.78, 5) is 0. The van der Waals surface area contributed by atoms with E-state index in [4.69, 9.17) is 0 Å². The van der Waals surface area contributed by atoms with Gasteiger partial charge in [-0.05, 0) is 0 Å². The van der Waals surface area contributed by atoms with Gasteiger partial charge in [0.15, 0.2) is 0 Å². The van der Waals surface area contributed by atoms with E-state index in [1.165, 1.54) is 5.92 Å². The Morgan fingerprint density at radius 2 is 0.769 bits per heavy atom. The maximum absolute atomic E-state index is 3.25. The third-order valence-corrected chi connectivity index (χ3v) is 0.667. The molecule has 73 valence electrons. The summed E-state index contributed by atoms with van der Waals surface area (Å²) in [5.41, 5.74) is 0. The minimum atomic E-state index is 0. The minimum Gasteiger partial charge on any atom is -0.346 e. The molecule has 1 radical (unpaired) electrons. The predicted molar refractivity (Wildman–Crippen MR) is 57.7 cm³/mol. The van der Waals surface area contributed by atoms with Crippen molar-refractivity contribution >= 4 is 0 Å². The van der Waals surface area contributed by atoms with Gasteiger partial charge in [-0.1, -0.05) is 36.4 Å². The van der Waals surface area contributed by atoms with E-state index in [-0.39, 0.29) is 32.7 Å². The number of hydrogen-bond acceptors (Lipinski definition) is 0. The van der Waals surface area contributed by atoms with Gasteiger partial charge in [0.2, 0.25) is 0 Å². The minimum absolute atomic E-state index is 0. The summed E-state index contributed by atoms with van der Waals surface area (Å²) in [5.74, 6) is 1.42. The second-order valence-electron chi connectivity index (χ2n) is 2.65. The van der Waals surface area contributed by atoms with Crippen LogP contribution in [-0.2, 0) is 32.7 Å². The molecule has 1 aromatic rings. The largest absolute Gasteiger partial charge is 0.346 e. The first-order valence-electron chi connectivity index (χ1n) is 4.21. The van der Waals surface area contributed by atoms with Gasteiger partial charge in [-0.25, -0.2) is 0 Å². The van der Waals surface area contributed by atoms with Crippen LogP contribution in [0.5, 0.6) is 0 Å². The average Bonchev–Trinajstić information content (AvgIpc) is 2.10. The van der Waals surface area contributed by atoms with Gasteiger partial charge in [0.1, 0.15) is 0 Å². The van der Waals surface area contributed by atoms with Crippen molar-refractivity contribution in [1.82, 2.24) is 0 Å². The smallest absolute Gasteiger partial charge is 0 e. The summed E-state index contributed by atoms with van der Waals surface area (Å²) in [6, 6.07) is 12.0. The molecule has 0 unspecified atom stereocenters. The van der Waals surface area contributed by atoms with Crippen LogP contribution in [0, 0.1) is 12.8 Å². The third kappa shape index (κ3) is 32.8. The molecule has 0 aliphatic heterocycles. The maximum atomic E-state index is 3.25. The van der Waals surface area contributed by atoms with Gasteiger partial charge in [-0.15, -0.1) is 0 Å². The first-order chi connectivity index (χ1) is 5.73. The van der Waals surface area contributed by atoms with Gasteiger partial charge in [0.25, 0.3) is 0 Å². The monoisotopic (exact) mass is 253 g/mol. The molecule has 0 atom stereocenters. The first kappa shape index (κ1) is 19.0. The zero-order chi connectivity index (χ0) is 9.82. The standard InChI is InChI=1S/C6H6.C4H9.C2H5.Y/c1-2-4-6-5-3-1;1-4(2)3;1-2;/h1-6H;1-3H3;1H2,2H3;/q;2*-1;. The first-order valence-corrected chi connectivity index (χ1v) is 4.21. The predicted octanol–water partition coefficient (Wildman–Crippen LogP) is 4.15. The zero-order valence-electron chi connectivity index (χ0n) is 9.25. The van der Waals surface area contributed by atoms with Gasteiger partial charge in [-0.3, -0.25) is 0 Å². The fraction of sp³-hybridized carbons (Fsp3) is 0.333. The van der Waals surface area contributed by atoms with Crippen LogP contribution in [0.2, 0.25) is 0 Å². The van der Waals surface area contributed by atoms with Crippen molar-refractivity contribution < 1.29 is 32.7 Å². The molecule has 0 spiro atoms. The molecule has 1 heteroatoms. The summed E-state index contributed by atoms with van der Waals surface area (Å²) in [6.07, 6.45) is 0. The van der Waals surface area contributed by atoms with E-state index in [9.17, 15) is 0 Å². The number of benzene rings is 1. The van der Waals surface area contributed by atoms with Crippen molar-refractivity contribution in [3.8, 4) is 0 Å². The van der Waals surface area contributed by atoms with Crippen molar-refractivity contribution in [3.63, 3.8) is 0 Å². The van der Waals surface area contributed by atoms with E-state index in [1.807, 2.05) is 36.4 Å². The Morgan fingerprint density at radius 1 is 0.692 bits per heavy atom. The summed E-state index contributed by atoms with van der Waals surface area (Å²) < 4.78 is 0. The molecule has 0 N–H and O–H groups in total. The number of rotatable bonds is 0. The second-order valence-corrected chi connectivity index (χ2v) is 2.65. The maximum Gasteiger partial charge on any atom is 0 e. The molecule has 0 nitrogen and oxygen atoms in total. The summed E-state index contributed by atoms with van der Waals surface area (Å²) >= 11 is 0. The zero-order valence-corrected chi connectivity index (χ0v) is 12.1. The Morgan fingerprint density at radius 3 is 0.846 bits per heavy atom. The normalized spacial score (nSPS) is 6.92. The van der Waals surface area contributed by atoms with E-state index >= 15 is 0 Å². The molecule has 0 aliphatic carbocycles. The molecule has 0 amide bonds. The van der Waals surface area contributed by atoms with E-state index in [0.717, 1.165) is 0 Å². The van der Waals surface area contributed by atoms with Gasteiger partial charge in [-0.2, -0.15) is 27.7 Å². The molecule has 0 saturated carbocycles. The quantitative estimate of drug-likeness (QED) is 0.609. The summed E-state index contributed by atoms with van der Waals surface area (Å²) in [6.45, 7) is 11.2. The van der Waals surface area contributed by atoms with Gasteiger partial charge in [0.05, 0.1) is 0 Å². The Labute approximate surface area is 109 Å². The van der Waals surface area contributed by atoms with Crippen LogP contribution in [-0.4, -0.2) is 0 Å². The molecule has 0 bridgehead atoms. The van der Waals surface area contributed by atoms with Crippen LogP contribution in [0.3, 0.4) is 0 Å². The van der Waals surface area contributed by atoms with Crippen molar-refractivity contribution in [1.29, 1.82) is 0 Å². The Hall–Kier alpha value is 0.324. The number of hydrogen-bond donors (Lipinski definition) is 0. The Bertz CT molecular complexity index is 106. The van der Waals surface area contributed by atoms with Crippen molar-refractivity contribution in [2.75, 3.05) is 0 Å². The van der Waals surface area contributed by atoms with Crippen LogP contribution >= 0.6 is 0 Å². The molecule has 0 saturated heterocycles. The van der Waals surface area contributed by atoms with Gasteiger partial charge in [0, 0.05) is 32.7 Å². The van der Waals surface area contributed by atoms with Crippen molar-refractivity contribution in [2.45, 2.75) is 27.7 Å². The molecule has 1 aromatic carbocycles. The topological polar surface area (TPSA) is 0 Å². The fourth-order valence-electron chi connectivity index (χ4n) is 0.385. The Kier molecular flexibility index (Phi) is 26.5. The molecule has 0 aliphatic rings. The SMILES string of the molecule is C[C-](C)C.[CH2-]C.[Y].c1ccccc1. The Balaban J connectivity index is -0.000000128. The van der Waals surface area contributed by atoms with Crippen LogP contribution in [0.4, 0.5) is 0 Å². The van der Waals surface area contributed by atoms with Crippen LogP contribution < -0.4 is 0 Å². The average molecular weight is 253 g/mol. The van der Waals surface area contributed by atoms with E-state index in [0.29, 0.717) is 0 Å². The van der Waals surface area contributed by atoms with E-state index < -0.39 is 0 Å². The third-order valence-electron chi connectivity index (χ3n) is 0.667. The van der Waals surface area contributed by atoms with Crippen molar-refractivity contribution in [2.24, 2.45) is 0 Å². The van der Waals surface area contributed by atoms with Crippen LogP contribution in [0.1, 0.15) is 27.7 Å². The molecular weight excluding hydrogens is 233 g/mol. The molecule has 1 rings (SSSR count). The molecule has 0 aromatic heterocycles. The van der Waals surface area contributed by atoms with E-state index in [1.54, 1.807) is 6.92 Å². The van der Waals surface area contributed by atoms with Gasteiger partial charge < -0.3 is 12.8 Å². The molecule has 13 heavy (non-hydrogen) atoms. The second kappa shape index (κ2) is 18.2. The van der Waals surface area contributed by atoms with Gasteiger partial charge >= 0.3 is 0 Å². The van der Waals surface area contributed by atoms with E-state index in [2.05, 4.69) is 27.7 Å². The van der Waals surface area contributed by atoms with Crippen LogP contribution in [0.25, 0.3) is 0 Å². The van der Waals surface area contributed by atoms with Crippen LogP contribution in [0.15, 0.2) is 36.4 Å².